The van der Waals surface area contributed by atoms with Crippen molar-refractivity contribution in [3.05, 3.63) is 49.7 Å². The average Bonchev–Trinajstić information content (AvgIpc) is 3.41. The summed E-state index contributed by atoms with van der Waals surface area (Å²) in [5.41, 5.74) is 0.768. The zero-order valence-electron chi connectivity index (χ0n) is 14.2. The SMILES string of the molecule is Cn1nc(C2CCN(C(=O)c3ccccc3I)CC2)n(C2CC2)c1=O. The second-order valence-corrected chi connectivity index (χ2v) is 8.07. The Morgan fingerprint density at radius 2 is 1.84 bits per heavy atom. The van der Waals surface area contributed by atoms with Crippen molar-refractivity contribution in [1.82, 2.24) is 19.2 Å². The summed E-state index contributed by atoms with van der Waals surface area (Å²) in [6.07, 6.45) is 3.86. The average molecular weight is 452 g/mol. The van der Waals surface area contributed by atoms with Gasteiger partial charge in [-0.2, -0.15) is 5.10 Å². The van der Waals surface area contributed by atoms with Crippen LogP contribution in [-0.4, -0.2) is 38.2 Å². The molecule has 1 saturated heterocycles. The van der Waals surface area contributed by atoms with Gasteiger partial charge in [0, 0.05) is 35.7 Å². The van der Waals surface area contributed by atoms with Gasteiger partial charge in [-0.25, -0.2) is 9.48 Å². The Balaban J connectivity index is 1.49. The molecule has 1 aromatic carbocycles. The molecule has 1 aliphatic heterocycles. The van der Waals surface area contributed by atoms with Gasteiger partial charge in [0.15, 0.2) is 0 Å². The minimum atomic E-state index is -0.00477. The number of hydrogen-bond donors (Lipinski definition) is 0. The smallest absolute Gasteiger partial charge is 0.339 e. The van der Waals surface area contributed by atoms with Gasteiger partial charge >= 0.3 is 5.69 Å². The first-order valence-electron chi connectivity index (χ1n) is 8.75. The molecule has 25 heavy (non-hydrogen) atoms. The monoisotopic (exact) mass is 452 g/mol. The summed E-state index contributed by atoms with van der Waals surface area (Å²) in [6.45, 7) is 1.42. The number of hydrogen-bond acceptors (Lipinski definition) is 3. The lowest BCUT2D eigenvalue weighted by molar-refractivity contribution is 0.0709. The van der Waals surface area contributed by atoms with Gasteiger partial charge in [-0.05, 0) is 60.4 Å². The number of aromatic nitrogens is 3. The van der Waals surface area contributed by atoms with E-state index in [1.807, 2.05) is 33.7 Å². The van der Waals surface area contributed by atoms with Crippen molar-refractivity contribution in [3.63, 3.8) is 0 Å². The van der Waals surface area contributed by atoms with Crippen LogP contribution in [0.2, 0.25) is 0 Å². The summed E-state index contributed by atoms with van der Waals surface area (Å²) in [5, 5.41) is 4.50. The Bertz CT molecular complexity index is 860. The van der Waals surface area contributed by atoms with Gasteiger partial charge < -0.3 is 4.90 Å². The van der Waals surface area contributed by atoms with E-state index in [0.29, 0.717) is 19.1 Å². The lowest BCUT2D eigenvalue weighted by Crippen LogP contribution is -2.39. The maximum absolute atomic E-state index is 12.8. The van der Waals surface area contributed by atoms with E-state index in [1.165, 1.54) is 4.68 Å². The van der Waals surface area contributed by atoms with Crippen molar-refractivity contribution >= 4 is 28.5 Å². The molecule has 0 bridgehead atoms. The maximum atomic E-state index is 12.8. The van der Waals surface area contributed by atoms with Gasteiger partial charge in [-0.3, -0.25) is 9.36 Å². The molecule has 6 nitrogen and oxygen atoms in total. The summed E-state index contributed by atoms with van der Waals surface area (Å²) < 4.78 is 4.33. The van der Waals surface area contributed by atoms with Crippen LogP contribution in [0.1, 0.15) is 53.8 Å². The molecule has 1 aromatic heterocycles. The lowest BCUT2D eigenvalue weighted by atomic mass is 9.95. The molecule has 1 amide bonds. The molecule has 132 valence electrons. The van der Waals surface area contributed by atoms with Gasteiger partial charge in [0.2, 0.25) is 0 Å². The number of amides is 1. The molecule has 2 heterocycles. The minimum absolute atomic E-state index is 0.00477. The van der Waals surface area contributed by atoms with Crippen molar-refractivity contribution in [2.75, 3.05) is 13.1 Å². The van der Waals surface area contributed by atoms with E-state index in [0.717, 1.165) is 40.6 Å². The number of halogens is 1. The molecule has 0 unspecified atom stereocenters. The van der Waals surface area contributed by atoms with Crippen LogP contribution in [0.4, 0.5) is 0 Å². The number of carbonyl (C=O) groups excluding carboxylic acids is 1. The summed E-state index contributed by atoms with van der Waals surface area (Å²) in [6, 6.07) is 8.04. The second-order valence-electron chi connectivity index (χ2n) is 6.91. The highest BCUT2D eigenvalue weighted by Gasteiger charge is 2.34. The Morgan fingerprint density at radius 1 is 1.16 bits per heavy atom. The van der Waals surface area contributed by atoms with Crippen LogP contribution in [0.25, 0.3) is 0 Å². The third kappa shape index (κ3) is 3.14. The van der Waals surface area contributed by atoms with E-state index in [9.17, 15) is 9.59 Å². The number of likely N-dealkylation sites (tertiary alicyclic amines) is 1. The highest BCUT2D eigenvalue weighted by Crippen LogP contribution is 2.37. The zero-order chi connectivity index (χ0) is 17.6. The third-order valence-corrected chi connectivity index (χ3v) is 6.09. The Kier molecular flexibility index (Phi) is 4.43. The molecule has 4 rings (SSSR count). The predicted molar refractivity (Wildman–Crippen MR) is 103 cm³/mol. The molecule has 2 aliphatic rings. The highest BCUT2D eigenvalue weighted by molar-refractivity contribution is 14.1. The number of piperidine rings is 1. The number of nitrogens with zero attached hydrogens (tertiary/aromatic N) is 4. The largest absolute Gasteiger partial charge is 0.345 e. The number of benzene rings is 1. The fourth-order valence-electron chi connectivity index (χ4n) is 3.60. The fraction of sp³-hybridized carbons (Fsp3) is 0.500. The summed E-state index contributed by atoms with van der Waals surface area (Å²) >= 11 is 2.21. The van der Waals surface area contributed by atoms with Gasteiger partial charge in [0.1, 0.15) is 5.82 Å². The van der Waals surface area contributed by atoms with E-state index in [1.54, 1.807) is 7.05 Å². The zero-order valence-corrected chi connectivity index (χ0v) is 16.3. The van der Waals surface area contributed by atoms with Crippen molar-refractivity contribution in [2.45, 2.75) is 37.6 Å². The van der Waals surface area contributed by atoms with Crippen LogP contribution in [-0.2, 0) is 7.05 Å². The van der Waals surface area contributed by atoms with E-state index in [2.05, 4.69) is 27.7 Å². The van der Waals surface area contributed by atoms with Crippen LogP contribution in [0.5, 0.6) is 0 Å². The fourth-order valence-corrected chi connectivity index (χ4v) is 4.22. The van der Waals surface area contributed by atoms with Gasteiger partial charge in [-0.15, -0.1) is 0 Å². The number of aryl methyl sites for hydroxylation is 1. The first kappa shape index (κ1) is 16.8. The summed E-state index contributed by atoms with van der Waals surface area (Å²) in [7, 11) is 1.72. The van der Waals surface area contributed by atoms with Crippen molar-refractivity contribution in [2.24, 2.45) is 7.05 Å². The Hall–Kier alpha value is -1.64. The van der Waals surface area contributed by atoms with Gasteiger partial charge in [0.25, 0.3) is 5.91 Å². The molecule has 2 aromatic rings. The van der Waals surface area contributed by atoms with Gasteiger partial charge in [-0.1, -0.05) is 12.1 Å². The van der Waals surface area contributed by atoms with Gasteiger partial charge in [0.05, 0.1) is 5.56 Å². The van der Waals surface area contributed by atoms with Crippen LogP contribution >= 0.6 is 22.6 Å². The number of carbonyl (C=O) groups is 1. The van der Waals surface area contributed by atoms with E-state index < -0.39 is 0 Å². The molecule has 1 saturated carbocycles. The molecule has 7 heteroatoms. The Morgan fingerprint density at radius 3 is 2.48 bits per heavy atom. The minimum Gasteiger partial charge on any atom is -0.339 e. The molecule has 1 aliphatic carbocycles. The quantitative estimate of drug-likeness (QED) is 0.673. The topological polar surface area (TPSA) is 60.1 Å². The first-order valence-corrected chi connectivity index (χ1v) is 9.83. The summed E-state index contributed by atoms with van der Waals surface area (Å²) in [4.78, 5) is 27.0. The molecule has 0 atom stereocenters. The first-order chi connectivity index (χ1) is 12.1. The predicted octanol–water partition coefficient (Wildman–Crippen LogP) is 2.54. The van der Waals surface area contributed by atoms with Crippen molar-refractivity contribution < 1.29 is 4.79 Å². The van der Waals surface area contributed by atoms with Crippen LogP contribution in [0, 0.1) is 3.57 Å². The van der Waals surface area contributed by atoms with Crippen LogP contribution in [0.3, 0.4) is 0 Å². The van der Waals surface area contributed by atoms with Crippen molar-refractivity contribution in [1.29, 1.82) is 0 Å². The molecule has 0 spiro atoms. The normalized spacial score (nSPS) is 18.6. The number of rotatable bonds is 3. The molecular formula is C18H21IN4O2. The molecular weight excluding hydrogens is 431 g/mol. The van der Waals surface area contributed by atoms with E-state index in [-0.39, 0.29) is 17.5 Å². The second kappa shape index (κ2) is 6.59. The third-order valence-electron chi connectivity index (χ3n) is 5.15. The lowest BCUT2D eigenvalue weighted by Gasteiger charge is -2.32. The standard InChI is InChI=1S/C18H21IN4O2/c1-21-18(25)23(13-6-7-13)16(20-21)12-8-10-22(11-9-12)17(24)14-4-2-3-5-15(14)19/h2-5,12-13H,6-11H2,1H3. The van der Waals surface area contributed by atoms with Crippen LogP contribution in [0.15, 0.2) is 29.1 Å². The highest BCUT2D eigenvalue weighted by atomic mass is 127. The maximum Gasteiger partial charge on any atom is 0.345 e. The van der Waals surface area contributed by atoms with E-state index >= 15 is 0 Å². The summed E-state index contributed by atoms with van der Waals surface area (Å²) in [5.74, 6) is 1.27. The van der Waals surface area contributed by atoms with Crippen molar-refractivity contribution in [3.8, 4) is 0 Å². The van der Waals surface area contributed by atoms with Crippen LogP contribution < -0.4 is 5.69 Å². The molecule has 0 radical (unpaired) electrons. The molecule has 0 N–H and O–H groups in total. The Labute approximate surface area is 160 Å². The van der Waals surface area contributed by atoms with E-state index in [4.69, 9.17) is 0 Å². The molecule has 2 fully saturated rings.